The third-order valence-corrected chi connectivity index (χ3v) is 6.77. The fourth-order valence-electron chi connectivity index (χ4n) is 4.75. The fraction of sp³-hybridized carbons (Fsp3) is 0.310. The van der Waals surface area contributed by atoms with Crippen LogP contribution in [0.1, 0.15) is 20.8 Å². The molecule has 0 unspecified atom stereocenters. The van der Waals surface area contributed by atoms with E-state index < -0.39 is 17.5 Å². The zero-order valence-corrected chi connectivity index (χ0v) is 23.0. The molecule has 1 aliphatic heterocycles. The molecule has 0 atom stereocenters. The van der Waals surface area contributed by atoms with Crippen LogP contribution in [-0.2, 0) is 9.53 Å². The topological polar surface area (TPSA) is 105 Å². The maximum absolute atomic E-state index is 16.4. The fourth-order valence-corrected chi connectivity index (χ4v) is 5.04. The number of halogens is 2. The van der Waals surface area contributed by atoms with Crippen LogP contribution in [0, 0.1) is 5.82 Å². The summed E-state index contributed by atoms with van der Waals surface area (Å²) in [5.41, 5.74) is -0.190. The van der Waals surface area contributed by atoms with E-state index in [0.29, 0.717) is 60.0 Å². The van der Waals surface area contributed by atoms with Crippen molar-refractivity contribution in [3.05, 3.63) is 53.3 Å². The van der Waals surface area contributed by atoms with E-state index in [-0.39, 0.29) is 34.5 Å². The number of anilines is 1. The predicted octanol–water partition coefficient (Wildman–Crippen LogP) is 5.58. The second-order valence-electron chi connectivity index (χ2n) is 10.4. The highest BCUT2D eigenvalue weighted by atomic mass is 35.5. The zero-order chi connectivity index (χ0) is 28.6. The molecule has 3 aromatic carbocycles. The summed E-state index contributed by atoms with van der Waals surface area (Å²) in [5, 5.41) is 12.2. The normalized spacial score (nSPS) is 14.0. The standard InChI is InChI=1S/C29H28ClFN4O5/c1-29(2,3)40-28(38)35-10-8-34(9-11-35)26-21-16-22(30)23(24(31)25(21)32-27(33-26)39-13-12-36)20-15-18(37)14-17-6-4-5-7-19(17)20/h4-7,12,14-16,37H,8-11,13H2,1-3H3. The molecule has 0 bridgehead atoms. The third kappa shape index (κ3) is 5.44. The highest BCUT2D eigenvalue weighted by Crippen LogP contribution is 2.42. The summed E-state index contributed by atoms with van der Waals surface area (Å²) in [6.07, 6.45) is 0.141. The molecule has 9 nitrogen and oxygen atoms in total. The van der Waals surface area contributed by atoms with E-state index in [1.807, 2.05) is 29.2 Å². The van der Waals surface area contributed by atoms with Crippen molar-refractivity contribution in [2.24, 2.45) is 0 Å². The molecule has 4 aromatic rings. The Labute approximate surface area is 235 Å². The molecule has 0 spiro atoms. The number of rotatable bonds is 5. The van der Waals surface area contributed by atoms with Gasteiger partial charge in [-0.05, 0) is 55.3 Å². The van der Waals surface area contributed by atoms with Gasteiger partial charge in [0.1, 0.15) is 29.3 Å². The summed E-state index contributed by atoms with van der Waals surface area (Å²) >= 11 is 6.71. The quantitative estimate of drug-likeness (QED) is 0.312. The van der Waals surface area contributed by atoms with Crippen LogP contribution in [0.4, 0.5) is 15.0 Å². The smallest absolute Gasteiger partial charge is 0.410 e. The molecule has 5 rings (SSSR count). The summed E-state index contributed by atoms with van der Waals surface area (Å²) < 4.78 is 27.3. The van der Waals surface area contributed by atoms with Crippen LogP contribution in [0.25, 0.3) is 32.8 Å². The van der Waals surface area contributed by atoms with Crippen molar-refractivity contribution in [3.8, 4) is 22.9 Å². The number of ether oxygens (including phenoxy) is 2. The van der Waals surface area contributed by atoms with Gasteiger partial charge in [-0.1, -0.05) is 35.9 Å². The van der Waals surface area contributed by atoms with Gasteiger partial charge in [0.2, 0.25) is 0 Å². The molecule has 2 heterocycles. The van der Waals surface area contributed by atoms with Gasteiger partial charge in [-0.15, -0.1) is 0 Å². The lowest BCUT2D eigenvalue weighted by atomic mass is 9.96. The van der Waals surface area contributed by atoms with E-state index in [2.05, 4.69) is 9.97 Å². The van der Waals surface area contributed by atoms with Crippen molar-refractivity contribution in [2.75, 3.05) is 37.7 Å². The van der Waals surface area contributed by atoms with E-state index in [1.54, 1.807) is 37.8 Å². The number of aromatic nitrogens is 2. The van der Waals surface area contributed by atoms with Gasteiger partial charge >= 0.3 is 12.1 Å². The molecule has 0 aliphatic carbocycles. The molecule has 0 radical (unpaired) electrons. The number of piperazine rings is 1. The Hall–Kier alpha value is -4.18. The summed E-state index contributed by atoms with van der Waals surface area (Å²) in [7, 11) is 0. The maximum atomic E-state index is 16.4. The van der Waals surface area contributed by atoms with Crippen LogP contribution in [0.15, 0.2) is 42.5 Å². The van der Waals surface area contributed by atoms with Gasteiger partial charge in [0.25, 0.3) is 0 Å². The van der Waals surface area contributed by atoms with Crippen molar-refractivity contribution in [1.29, 1.82) is 0 Å². The minimum absolute atomic E-state index is 0.0366. The lowest BCUT2D eigenvalue weighted by Crippen LogP contribution is -2.50. The molecule has 1 N–H and O–H groups in total. The zero-order valence-electron chi connectivity index (χ0n) is 22.3. The summed E-state index contributed by atoms with van der Waals surface area (Å²) in [6, 6.07) is 11.7. The Bertz CT molecular complexity index is 1620. The average molecular weight is 567 g/mol. The first-order valence-electron chi connectivity index (χ1n) is 12.8. The molecule has 208 valence electrons. The molecule has 1 aromatic heterocycles. The highest BCUT2D eigenvalue weighted by Gasteiger charge is 2.29. The van der Waals surface area contributed by atoms with Gasteiger partial charge in [0.05, 0.1) is 5.02 Å². The van der Waals surface area contributed by atoms with E-state index in [9.17, 15) is 14.7 Å². The van der Waals surface area contributed by atoms with E-state index in [4.69, 9.17) is 21.1 Å². The SMILES string of the molecule is CC(C)(C)OC(=O)N1CCN(c2nc(OCC=O)nc3c(F)c(-c4cc(O)cc5ccccc45)c(Cl)cc23)CC1. The summed E-state index contributed by atoms with van der Waals surface area (Å²) in [6.45, 7) is 6.59. The average Bonchev–Trinajstić information content (AvgIpc) is 2.91. The van der Waals surface area contributed by atoms with E-state index in [1.165, 1.54) is 6.07 Å². The molecule has 0 saturated carbocycles. The third-order valence-electron chi connectivity index (χ3n) is 6.47. The maximum Gasteiger partial charge on any atom is 0.410 e. The van der Waals surface area contributed by atoms with Crippen molar-refractivity contribution in [3.63, 3.8) is 0 Å². The molecule has 1 fully saturated rings. The van der Waals surface area contributed by atoms with Crippen molar-refractivity contribution in [1.82, 2.24) is 14.9 Å². The number of amides is 1. The Kier molecular flexibility index (Phi) is 7.37. The monoisotopic (exact) mass is 566 g/mol. The first kappa shape index (κ1) is 27.4. The number of carbonyl (C=O) groups excluding carboxylic acids is 2. The van der Waals surface area contributed by atoms with Crippen LogP contribution in [0.5, 0.6) is 11.8 Å². The van der Waals surface area contributed by atoms with Crippen molar-refractivity contribution >= 4 is 51.5 Å². The van der Waals surface area contributed by atoms with Crippen LogP contribution in [0.3, 0.4) is 0 Å². The first-order valence-corrected chi connectivity index (χ1v) is 13.1. The molecule has 1 saturated heterocycles. The predicted molar refractivity (Wildman–Crippen MR) is 151 cm³/mol. The number of hydrogen-bond acceptors (Lipinski definition) is 8. The number of hydrogen-bond donors (Lipinski definition) is 1. The van der Waals surface area contributed by atoms with Crippen LogP contribution in [0.2, 0.25) is 5.02 Å². The van der Waals surface area contributed by atoms with Gasteiger partial charge in [-0.3, -0.25) is 4.79 Å². The molecule has 1 amide bonds. The Morgan fingerprint density at radius 3 is 2.52 bits per heavy atom. The minimum Gasteiger partial charge on any atom is -0.508 e. The number of fused-ring (bicyclic) bond motifs is 2. The molecule has 1 aliphatic rings. The van der Waals surface area contributed by atoms with Crippen LogP contribution < -0.4 is 9.64 Å². The molecular weight excluding hydrogens is 539 g/mol. The Morgan fingerprint density at radius 2 is 1.82 bits per heavy atom. The van der Waals surface area contributed by atoms with Gasteiger partial charge in [-0.25, -0.2) is 9.18 Å². The number of phenolic OH excluding ortho intramolecular Hbond substituents is 1. The Morgan fingerprint density at radius 1 is 1.10 bits per heavy atom. The minimum atomic E-state index is -0.717. The lowest BCUT2D eigenvalue weighted by Gasteiger charge is -2.36. The van der Waals surface area contributed by atoms with Gasteiger partial charge in [0, 0.05) is 37.1 Å². The number of benzene rings is 3. The Balaban J connectivity index is 1.59. The molecular formula is C29H28ClFN4O5. The summed E-state index contributed by atoms with van der Waals surface area (Å²) in [4.78, 5) is 35.8. The second-order valence-corrected chi connectivity index (χ2v) is 10.8. The number of nitrogens with zero attached hydrogens (tertiary/aromatic N) is 4. The summed E-state index contributed by atoms with van der Waals surface area (Å²) in [5.74, 6) is -0.390. The van der Waals surface area contributed by atoms with Gasteiger partial charge < -0.3 is 24.4 Å². The van der Waals surface area contributed by atoms with Crippen LogP contribution >= 0.6 is 11.6 Å². The highest BCUT2D eigenvalue weighted by molar-refractivity contribution is 6.35. The van der Waals surface area contributed by atoms with E-state index >= 15 is 4.39 Å². The van der Waals surface area contributed by atoms with Crippen molar-refractivity contribution < 1.29 is 28.6 Å². The number of phenols is 1. The second kappa shape index (κ2) is 10.8. The number of carbonyl (C=O) groups is 2. The molecule has 40 heavy (non-hydrogen) atoms. The number of aldehydes is 1. The first-order chi connectivity index (χ1) is 19.1. The van der Waals surface area contributed by atoms with Gasteiger partial charge in [-0.2, -0.15) is 9.97 Å². The largest absolute Gasteiger partial charge is 0.508 e. The van der Waals surface area contributed by atoms with Crippen molar-refractivity contribution in [2.45, 2.75) is 26.4 Å². The van der Waals surface area contributed by atoms with Crippen LogP contribution in [-0.4, -0.2) is 70.7 Å². The van der Waals surface area contributed by atoms with Gasteiger partial charge in [0.15, 0.2) is 12.1 Å². The van der Waals surface area contributed by atoms with E-state index in [0.717, 1.165) is 0 Å². The number of aromatic hydroxyl groups is 1. The molecule has 11 heteroatoms. The lowest BCUT2D eigenvalue weighted by molar-refractivity contribution is -0.109.